The zero-order chi connectivity index (χ0) is 16.8. The number of para-hydroxylation sites is 1. The number of hydrogen-bond donors (Lipinski definition) is 2. The first kappa shape index (κ1) is 16.4. The fourth-order valence-electron chi connectivity index (χ4n) is 2.01. The van der Waals surface area contributed by atoms with Gasteiger partial charge in [-0.15, -0.1) is 0 Å². The Morgan fingerprint density at radius 3 is 2.61 bits per heavy atom. The van der Waals surface area contributed by atoms with Gasteiger partial charge in [0.1, 0.15) is 0 Å². The summed E-state index contributed by atoms with van der Waals surface area (Å²) in [6.07, 6.45) is 2.69. The molecular formula is C16H18N4O3. The van der Waals surface area contributed by atoms with Gasteiger partial charge in [-0.25, -0.2) is 14.8 Å². The number of anilines is 2. The van der Waals surface area contributed by atoms with E-state index in [1.807, 2.05) is 32.0 Å². The largest absolute Gasteiger partial charge is 0.451 e. The molecule has 0 radical (unpaired) electrons. The molecule has 1 amide bonds. The second kappa shape index (κ2) is 7.35. The number of nitrogens with two attached hydrogens (primary N) is 1. The van der Waals surface area contributed by atoms with Crippen LogP contribution in [0, 0.1) is 0 Å². The molecule has 1 aromatic carbocycles. The van der Waals surface area contributed by atoms with E-state index in [2.05, 4.69) is 15.3 Å². The van der Waals surface area contributed by atoms with E-state index in [1.165, 1.54) is 12.4 Å². The lowest BCUT2D eigenvalue weighted by atomic mass is 10.0. The van der Waals surface area contributed by atoms with Crippen molar-refractivity contribution < 1.29 is 14.3 Å². The summed E-state index contributed by atoms with van der Waals surface area (Å²) in [5, 5.41) is 2.73. The topological polar surface area (TPSA) is 107 Å². The molecule has 3 N–H and O–H groups in total. The monoisotopic (exact) mass is 314 g/mol. The van der Waals surface area contributed by atoms with Crippen LogP contribution in [-0.2, 0) is 9.53 Å². The minimum absolute atomic E-state index is 0.0388. The van der Waals surface area contributed by atoms with E-state index in [4.69, 9.17) is 10.5 Å². The average molecular weight is 314 g/mol. The average Bonchev–Trinajstić information content (AvgIpc) is 2.53. The number of carbonyl (C=O) groups excluding carboxylic acids is 2. The van der Waals surface area contributed by atoms with Crippen LogP contribution in [0.1, 0.15) is 35.8 Å². The van der Waals surface area contributed by atoms with Crippen molar-refractivity contribution in [1.29, 1.82) is 0 Å². The highest BCUT2D eigenvalue weighted by molar-refractivity contribution is 5.96. The molecule has 0 aliphatic heterocycles. The van der Waals surface area contributed by atoms with Crippen molar-refractivity contribution in [3.05, 3.63) is 47.9 Å². The number of aromatic nitrogens is 2. The normalized spacial score (nSPS) is 10.4. The Balaban J connectivity index is 1.96. The van der Waals surface area contributed by atoms with Crippen LogP contribution < -0.4 is 11.1 Å². The predicted molar refractivity (Wildman–Crippen MR) is 85.9 cm³/mol. The van der Waals surface area contributed by atoms with E-state index in [0.29, 0.717) is 5.69 Å². The second-order valence-corrected chi connectivity index (χ2v) is 5.16. The van der Waals surface area contributed by atoms with E-state index in [0.717, 1.165) is 5.56 Å². The van der Waals surface area contributed by atoms with Gasteiger partial charge < -0.3 is 15.8 Å². The van der Waals surface area contributed by atoms with Crippen molar-refractivity contribution in [3.8, 4) is 0 Å². The van der Waals surface area contributed by atoms with Crippen LogP contribution in [0.5, 0.6) is 0 Å². The summed E-state index contributed by atoms with van der Waals surface area (Å²) in [4.78, 5) is 31.3. The number of nitrogens with one attached hydrogen (secondary N) is 1. The molecule has 1 aromatic heterocycles. The number of amides is 1. The molecule has 0 unspecified atom stereocenters. The maximum Gasteiger partial charge on any atom is 0.361 e. The maximum absolute atomic E-state index is 12.0. The summed E-state index contributed by atoms with van der Waals surface area (Å²) in [5.41, 5.74) is 7.12. The Bertz CT molecular complexity index is 716. The maximum atomic E-state index is 12.0. The van der Waals surface area contributed by atoms with Crippen LogP contribution in [0.2, 0.25) is 0 Å². The van der Waals surface area contributed by atoms with Gasteiger partial charge in [0.25, 0.3) is 5.91 Å². The summed E-state index contributed by atoms with van der Waals surface area (Å²) in [6, 6.07) is 7.47. The second-order valence-electron chi connectivity index (χ2n) is 5.16. The van der Waals surface area contributed by atoms with Gasteiger partial charge in [-0.1, -0.05) is 32.0 Å². The molecule has 120 valence electrons. The number of benzene rings is 1. The molecule has 2 rings (SSSR count). The molecule has 0 saturated heterocycles. The third-order valence-electron chi connectivity index (χ3n) is 3.11. The van der Waals surface area contributed by atoms with Crippen molar-refractivity contribution in [2.24, 2.45) is 0 Å². The quantitative estimate of drug-likeness (QED) is 0.817. The molecule has 23 heavy (non-hydrogen) atoms. The lowest BCUT2D eigenvalue weighted by Gasteiger charge is -2.13. The van der Waals surface area contributed by atoms with Crippen LogP contribution in [0.4, 0.5) is 11.5 Å². The molecule has 2 aromatic rings. The predicted octanol–water partition coefficient (Wildman–Crippen LogP) is 1.98. The van der Waals surface area contributed by atoms with Gasteiger partial charge in [-0.3, -0.25) is 4.79 Å². The number of esters is 1. The third-order valence-corrected chi connectivity index (χ3v) is 3.11. The molecule has 7 nitrogen and oxygen atoms in total. The first-order valence-electron chi connectivity index (χ1n) is 7.11. The van der Waals surface area contributed by atoms with Crippen LogP contribution >= 0.6 is 0 Å². The SMILES string of the molecule is CC(C)c1ccccc1NC(=O)COC(=O)c1nccnc1N. The van der Waals surface area contributed by atoms with Crippen LogP contribution in [0.3, 0.4) is 0 Å². The van der Waals surface area contributed by atoms with E-state index < -0.39 is 18.5 Å². The molecule has 7 heteroatoms. The molecule has 0 aliphatic carbocycles. The Hall–Kier alpha value is -2.96. The number of carbonyl (C=O) groups is 2. The number of hydrogen-bond acceptors (Lipinski definition) is 6. The van der Waals surface area contributed by atoms with Crippen molar-refractivity contribution in [2.45, 2.75) is 19.8 Å². The minimum atomic E-state index is -0.789. The summed E-state index contributed by atoms with van der Waals surface area (Å²) in [6.45, 7) is 3.63. The van der Waals surface area contributed by atoms with E-state index >= 15 is 0 Å². The number of rotatable bonds is 5. The van der Waals surface area contributed by atoms with Gasteiger partial charge in [0.15, 0.2) is 18.1 Å². The first-order chi connectivity index (χ1) is 11.0. The van der Waals surface area contributed by atoms with Gasteiger partial charge in [0, 0.05) is 18.1 Å². The number of nitrogen functional groups attached to an aromatic ring is 1. The van der Waals surface area contributed by atoms with E-state index in [1.54, 1.807) is 6.07 Å². The molecule has 0 atom stereocenters. The Morgan fingerprint density at radius 2 is 1.91 bits per heavy atom. The molecule has 0 spiro atoms. The lowest BCUT2D eigenvalue weighted by Crippen LogP contribution is -2.22. The first-order valence-corrected chi connectivity index (χ1v) is 7.11. The van der Waals surface area contributed by atoms with Crippen molar-refractivity contribution >= 4 is 23.4 Å². The fraction of sp³-hybridized carbons (Fsp3) is 0.250. The van der Waals surface area contributed by atoms with Gasteiger partial charge >= 0.3 is 5.97 Å². The molecule has 0 aliphatic rings. The smallest absolute Gasteiger partial charge is 0.361 e. The van der Waals surface area contributed by atoms with Gasteiger partial charge in [0.05, 0.1) is 0 Å². The standard InChI is InChI=1S/C16H18N4O3/c1-10(2)11-5-3-4-6-12(11)20-13(21)9-23-16(22)14-15(17)19-8-7-18-14/h3-8,10H,9H2,1-2H3,(H2,17,19)(H,20,21). The van der Waals surface area contributed by atoms with Crippen LogP contribution in [0.25, 0.3) is 0 Å². The Morgan fingerprint density at radius 1 is 1.22 bits per heavy atom. The van der Waals surface area contributed by atoms with Crippen molar-refractivity contribution in [2.75, 3.05) is 17.7 Å². The molecule has 1 heterocycles. The summed E-state index contributed by atoms with van der Waals surface area (Å²) in [5.74, 6) is -1.01. The molecular weight excluding hydrogens is 296 g/mol. The Labute approximate surface area is 133 Å². The Kier molecular flexibility index (Phi) is 5.24. The van der Waals surface area contributed by atoms with Crippen LogP contribution in [-0.4, -0.2) is 28.5 Å². The summed E-state index contributed by atoms with van der Waals surface area (Å²) >= 11 is 0. The highest BCUT2D eigenvalue weighted by Gasteiger charge is 2.16. The molecule has 0 bridgehead atoms. The zero-order valence-electron chi connectivity index (χ0n) is 12.9. The zero-order valence-corrected chi connectivity index (χ0v) is 12.9. The minimum Gasteiger partial charge on any atom is -0.451 e. The fourth-order valence-corrected chi connectivity index (χ4v) is 2.01. The van der Waals surface area contributed by atoms with Crippen LogP contribution in [0.15, 0.2) is 36.7 Å². The van der Waals surface area contributed by atoms with E-state index in [9.17, 15) is 9.59 Å². The summed E-state index contributed by atoms with van der Waals surface area (Å²) < 4.78 is 4.91. The van der Waals surface area contributed by atoms with Gasteiger partial charge in [-0.05, 0) is 17.5 Å². The number of ether oxygens (including phenoxy) is 1. The molecule has 0 fully saturated rings. The highest BCUT2D eigenvalue weighted by Crippen LogP contribution is 2.23. The van der Waals surface area contributed by atoms with Crippen molar-refractivity contribution in [1.82, 2.24) is 9.97 Å². The highest BCUT2D eigenvalue weighted by atomic mass is 16.5. The molecule has 0 saturated carbocycles. The third kappa shape index (κ3) is 4.26. The van der Waals surface area contributed by atoms with Crippen molar-refractivity contribution in [3.63, 3.8) is 0 Å². The lowest BCUT2D eigenvalue weighted by molar-refractivity contribution is -0.119. The van der Waals surface area contributed by atoms with Gasteiger partial charge in [-0.2, -0.15) is 0 Å². The van der Waals surface area contributed by atoms with E-state index in [-0.39, 0.29) is 17.4 Å². The summed E-state index contributed by atoms with van der Waals surface area (Å²) in [7, 11) is 0. The van der Waals surface area contributed by atoms with Gasteiger partial charge in [0.2, 0.25) is 0 Å². The number of nitrogens with zero attached hydrogens (tertiary/aromatic N) is 2.